The van der Waals surface area contributed by atoms with Gasteiger partial charge in [0.1, 0.15) is 5.75 Å². The van der Waals surface area contributed by atoms with Gasteiger partial charge in [0.15, 0.2) is 0 Å². The summed E-state index contributed by atoms with van der Waals surface area (Å²) in [6.07, 6.45) is 6.99. The molecule has 0 radical (unpaired) electrons. The van der Waals surface area contributed by atoms with Gasteiger partial charge in [-0.15, -0.1) is 0 Å². The van der Waals surface area contributed by atoms with Crippen LogP contribution in [0.4, 0.5) is 10.7 Å². The number of urea groups is 1. The maximum absolute atomic E-state index is 12.6. The molecule has 1 atom stereocenters. The van der Waals surface area contributed by atoms with E-state index in [1.165, 1.54) is 18.4 Å². The smallest absolute Gasteiger partial charge is 0.324 e. The quantitative estimate of drug-likeness (QED) is 0.691. The van der Waals surface area contributed by atoms with E-state index in [-0.39, 0.29) is 6.03 Å². The van der Waals surface area contributed by atoms with E-state index in [4.69, 9.17) is 9.26 Å². The Morgan fingerprint density at radius 2 is 2.20 bits per heavy atom. The number of piperidine rings is 1. The van der Waals surface area contributed by atoms with Crippen LogP contribution in [0.3, 0.4) is 0 Å². The fraction of sp³-hybridized carbons (Fsp3) is 0.500. The van der Waals surface area contributed by atoms with Gasteiger partial charge in [0.05, 0.1) is 12.3 Å². The Hall–Kier alpha value is -2.76. The highest BCUT2D eigenvalue weighted by molar-refractivity contribution is 5.88. The summed E-state index contributed by atoms with van der Waals surface area (Å²) in [6, 6.07) is 8.17. The molecule has 2 aromatic rings. The number of anilines is 1. The van der Waals surface area contributed by atoms with E-state index in [1.807, 2.05) is 30.9 Å². The van der Waals surface area contributed by atoms with Crippen molar-refractivity contribution in [3.63, 3.8) is 0 Å². The molecule has 1 aliphatic heterocycles. The van der Waals surface area contributed by atoms with Gasteiger partial charge >= 0.3 is 6.03 Å². The first-order valence-electron chi connectivity index (χ1n) is 10.9. The van der Waals surface area contributed by atoms with Gasteiger partial charge in [0.2, 0.25) is 5.88 Å². The van der Waals surface area contributed by atoms with Gasteiger partial charge in [-0.25, -0.2) is 4.79 Å². The van der Waals surface area contributed by atoms with Gasteiger partial charge in [0, 0.05) is 18.7 Å². The largest absolute Gasteiger partial charge is 0.494 e. The van der Waals surface area contributed by atoms with Crippen molar-refractivity contribution in [2.75, 3.05) is 25.0 Å². The molecule has 6 heteroatoms. The molecule has 2 heterocycles. The predicted octanol–water partition coefficient (Wildman–Crippen LogP) is 5.43. The minimum Gasteiger partial charge on any atom is -0.494 e. The number of benzene rings is 1. The highest BCUT2D eigenvalue weighted by Crippen LogP contribution is 2.32. The maximum atomic E-state index is 12.6. The van der Waals surface area contributed by atoms with E-state index in [0.29, 0.717) is 24.9 Å². The SMILES string of the molecule is Cc1noc(NC(=O)N2CC/C(=C\c3cccc(OCCC4CC4)c3)C(C)C2)c1C. The molecule has 1 aromatic carbocycles. The number of carbonyl (C=O) groups excluding carboxylic acids is 1. The molecule has 30 heavy (non-hydrogen) atoms. The number of hydrogen-bond acceptors (Lipinski definition) is 4. The van der Waals surface area contributed by atoms with E-state index >= 15 is 0 Å². The summed E-state index contributed by atoms with van der Waals surface area (Å²) < 4.78 is 11.1. The van der Waals surface area contributed by atoms with E-state index in [1.54, 1.807) is 0 Å². The number of ether oxygens (including phenoxy) is 1. The molecule has 1 aliphatic carbocycles. The van der Waals surface area contributed by atoms with Gasteiger partial charge in [-0.2, -0.15) is 0 Å². The van der Waals surface area contributed by atoms with E-state index < -0.39 is 0 Å². The number of nitrogens with zero attached hydrogens (tertiary/aromatic N) is 2. The normalized spacial score (nSPS) is 20.4. The monoisotopic (exact) mass is 409 g/mol. The van der Waals surface area contributed by atoms with Crippen LogP contribution in [-0.4, -0.2) is 35.8 Å². The van der Waals surface area contributed by atoms with Gasteiger partial charge in [-0.1, -0.05) is 48.7 Å². The summed E-state index contributed by atoms with van der Waals surface area (Å²) >= 11 is 0. The van der Waals surface area contributed by atoms with Crippen LogP contribution in [0.15, 0.2) is 34.4 Å². The highest BCUT2D eigenvalue weighted by Gasteiger charge is 2.26. The van der Waals surface area contributed by atoms with Crippen LogP contribution < -0.4 is 10.1 Å². The number of aryl methyl sites for hydroxylation is 1. The number of carbonyl (C=O) groups is 1. The molecule has 1 aromatic heterocycles. The Labute approximate surface area is 178 Å². The van der Waals surface area contributed by atoms with Crippen molar-refractivity contribution in [3.05, 3.63) is 46.7 Å². The highest BCUT2D eigenvalue weighted by atomic mass is 16.5. The molecule has 1 saturated heterocycles. The topological polar surface area (TPSA) is 67.6 Å². The summed E-state index contributed by atoms with van der Waals surface area (Å²) in [5, 5.41) is 6.74. The lowest BCUT2D eigenvalue weighted by molar-refractivity contribution is 0.197. The second-order valence-electron chi connectivity index (χ2n) is 8.62. The Morgan fingerprint density at radius 1 is 1.37 bits per heavy atom. The first kappa shape index (κ1) is 20.5. The lowest BCUT2D eigenvalue weighted by atomic mass is 9.91. The maximum Gasteiger partial charge on any atom is 0.324 e. The number of likely N-dealkylation sites (tertiary alicyclic amines) is 1. The average molecular weight is 410 g/mol. The summed E-state index contributed by atoms with van der Waals surface area (Å²) in [6.45, 7) is 8.10. The Kier molecular flexibility index (Phi) is 6.11. The van der Waals surface area contributed by atoms with Crippen molar-refractivity contribution < 1.29 is 14.1 Å². The van der Waals surface area contributed by atoms with Crippen LogP contribution in [0.25, 0.3) is 6.08 Å². The molecule has 160 valence electrons. The Morgan fingerprint density at radius 3 is 2.90 bits per heavy atom. The van der Waals surface area contributed by atoms with Gasteiger partial charge in [0.25, 0.3) is 0 Å². The van der Waals surface area contributed by atoms with E-state index in [9.17, 15) is 4.79 Å². The lowest BCUT2D eigenvalue weighted by Crippen LogP contribution is -2.42. The molecule has 1 unspecified atom stereocenters. The van der Waals surface area contributed by atoms with Crippen molar-refractivity contribution in [2.24, 2.45) is 11.8 Å². The molecular formula is C24H31N3O3. The zero-order valence-electron chi connectivity index (χ0n) is 18.1. The van der Waals surface area contributed by atoms with Gasteiger partial charge in [-0.05, 0) is 56.2 Å². The van der Waals surface area contributed by atoms with Crippen molar-refractivity contribution in [1.29, 1.82) is 0 Å². The number of rotatable bonds is 6. The number of amides is 2. The van der Waals surface area contributed by atoms with Gasteiger partial charge in [-0.3, -0.25) is 5.32 Å². The van der Waals surface area contributed by atoms with Crippen molar-refractivity contribution in [2.45, 2.75) is 46.5 Å². The van der Waals surface area contributed by atoms with Crippen molar-refractivity contribution in [1.82, 2.24) is 10.1 Å². The van der Waals surface area contributed by atoms with Crippen LogP contribution in [0.5, 0.6) is 5.75 Å². The summed E-state index contributed by atoms with van der Waals surface area (Å²) in [7, 11) is 0. The third-order valence-corrected chi connectivity index (χ3v) is 6.16. The molecule has 2 amide bonds. The summed E-state index contributed by atoms with van der Waals surface area (Å²) in [4.78, 5) is 14.5. The van der Waals surface area contributed by atoms with Gasteiger partial charge < -0.3 is 14.2 Å². The molecule has 2 aliphatic rings. The van der Waals surface area contributed by atoms with Crippen LogP contribution >= 0.6 is 0 Å². The zero-order valence-corrected chi connectivity index (χ0v) is 18.1. The lowest BCUT2D eigenvalue weighted by Gasteiger charge is -2.33. The summed E-state index contributed by atoms with van der Waals surface area (Å²) in [5.74, 6) is 2.55. The standard InChI is InChI=1S/C24H31N3O3/c1-16-15-27(24(28)25-23-17(2)18(3)26-30-23)11-9-21(16)13-20-5-4-6-22(14-20)29-12-10-19-7-8-19/h4-6,13-14,16,19H,7-12,15H2,1-3H3,(H,25,28)/b21-13+. The molecule has 0 bridgehead atoms. The average Bonchev–Trinajstić information content (AvgIpc) is 3.51. The van der Waals surface area contributed by atoms with E-state index in [2.05, 4.69) is 35.6 Å². The van der Waals surface area contributed by atoms with Crippen LogP contribution in [0.2, 0.25) is 0 Å². The third kappa shape index (κ3) is 5.04. The number of aromatic nitrogens is 1. The van der Waals surface area contributed by atoms with Crippen molar-refractivity contribution >= 4 is 18.0 Å². The minimum absolute atomic E-state index is 0.133. The fourth-order valence-corrected chi connectivity index (χ4v) is 3.81. The summed E-state index contributed by atoms with van der Waals surface area (Å²) in [5.41, 5.74) is 4.18. The molecule has 4 rings (SSSR count). The minimum atomic E-state index is -0.133. The molecule has 1 N–H and O–H groups in total. The predicted molar refractivity (Wildman–Crippen MR) is 118 cm³/mol. The second kappa shape index (κ2) is 8.94. The molecule has 2 fully saturated rings. The number of nitrogens with one attached hydrogen (secondary N) is 1. The Bertz CT molecular complexity index is 930. The molecule has 0 spiro atoms. The Balaban J connectivity index is 1.33. The molecule has 6 nitrogen and oxygen atoms in total. The van der Waals surface area contributed by atoms with Crippen LogP contribution in [0, 0.1) is 25.7 Å². The third-order valence-electron chi connectivity index (χ3n) is 6.16. The van der Waals surface area contributed by atoms with Crippen LogP contribution in [-0.2, 0) is 0 Å². The number of hydrogen-bond donors (Lipinski definition) is 1. The second-order valence-corrected chi connectivity index (χ2v) is 8.62. The molecular weight excluding hydrogens is 378 g/mol. The first-order valence-corrected chi connectivity index (χ1v) is 10.9. The molecule has 1 saturated carbocycles. The first-order chi connectivity index (χ1) is 14.5. The fourth-order valence-electron chi connectivity index (χ4n) is 3.81. The van der Waals surface area contributed by atoms with E-state index in [0.717, 1.165) is 47.9 Å². The van der Waals surface area contributed by atoms with Crippen LogP contribution in [0.1, 0.15) is 49.4 Å². The zero-order chi connectivity index (χ0) is 21.1. The van der Waals surface area contributed by atoms with Crippen molar-refractivity contribution in [3.8, 4) is 5.75 Å².